The molecule has 0 radical (unpaired) electrons. The molecule has 1 amide bonds. The lowest BCUT2D eigenvalue weighted by Crippen LogP contribution is -2.27. The third-order valence-electron chi connectivity index (χ3n) is 5.65. The Kier molecular flexibility index (Phi) is 5.12. The third kappa shape index (κ3) is 3.89. The van der Waals surface area contributed by atoms with Crippen LogP contribution in [-0.4, -0.2) is 41.3 Å². The van der Waals surface area contributed by atoms with Crippen molar-refractivity contribution in [2.45, 2.75) is 31.4 Å². The highest BCUT2D eigenvalue weighted by atomic mass is 35.5. The number of hydrogen-bond donors (Lipinski definition) is 2. The first-order valence-electron chi connectivity index (χ1n) is 10.1. The lowest BCUT2D eigenvalue weighted by Gasteiger charge is -2.17. The number of aryl methyl sites for hydroxylation is 1. The first kappa shape index (κ1) is 22.0. The standard InChI is InChI=1S/C21H16ClF3N8O/c1-11-26-18(21(23,24)25)30-33(11)16-6-5-14(10-15(16)17-28-31-32-29-17)27-19(34)20(7-8-20)12-3-2-4-13(22)9-12/h2-6,9-10H,7-8H2,1H3,(H,27,34)(H,28,29,31,32). The average molecular weight is 489 g/mol. The Morgan fingerprint density at radius 2 is 2.00 bits per heavy atom. The van der Waals surface area contributed by atoms with E-state index in [0.29, 0.717) is 29.1 Å². The number of nitrogens with one attached hydrogen (secondary N) is 2. The Morgan fingerprint density at radius 1 is 1.21 bits per heavy atom. The highest BCUT2D eigenvalue weighted by Crippen LogP contribution is 2.49. The van der Waals surface area contributed by atoms with Crippen LogP contribution in [0.4, 0.5) is 18.9 Å². The van der Waals surface area contributed by atoms with Gasteiger partial charge >= 0.3 is 6.18 Å². The molecule has 1 saturated carbocycles. The van der Waals surface area contributed by atoms with Gasteiger partial charge in [0.2, 0.25) is 11.7 Å². The Balaban J connectivity index is 1.51. The number of hydrogen-bond acceptors (Lipinski definition) is 6. The summed E-state index contributed by atoms with van der Waals surface area (Å²) in [4.78, 5) is 16.7. The number of benzene rings is 2. The smallest absolute Gasteiger partial charge is 0.325 e. The summed E-state index contributed by atoms with van der Waals surface area (Å²) in [5.74, 6) is -1.34. The van der Waals surface area contributed by atoms with Gasteiger partial charge in [0.15, 0.2) is 0 Å². The van der Waals surface area contributed by atoms with Gasteiger partial charge in [0.25, 0.3) is 5.82 Å². The van der Waals surface area contributed by atoms with Gasteiger partial charge in [-0.2, -0.15) is 18.4 Å². The SMILES string of the molecule is Cc1nc(C(F)(F)F)nn1-c1ccc(NC(=O)C2(c3cccc(Cl)c3)CC2)cc1-c1nn[nH]n1. The van der Waals surface area contributed by atoms with Gasteiger partial charge in [0.1, 0.15) is 5.82 Å². The highest BCUT2D eigenvalue weighted by molar-refractivity contribution is 6.30. The number of alkyl halides is 3. The second kappa shape index (κ2) is 7.90. The van der Waals surface area contributed by atoms with E-state index in [4.69, 9.17) is 11.6 Å². The molecule has 0 saturated heterocycles. The molecule has 1 aliphatic rings. The van der Waals surface area contributed by atoms with E-state index < -0.39 is 17.4 Å². The van der Waals surface area contributed by atoms with Gasteiger partial charge in [-0.25, -0.2) is 9.67 Å². The first-order valence-corrected chi connectivity index (χ1v) is 10.5. The van der Waals surface area contributed by atoms with Gasteiger partial charge in [-0.15, -0.1) is 15.3 Å². The zero-order valence-electron chi connectivity index (χ0n) is 17.6. The number of amides is 1. The minimum atomic E-state index is -4.70. The van der Waals surface area contributed by atoms with Crippen LogP contribution in [0.3, 0.4) is 0 Å². The molecule has 0 unspecified atom stereocenters. The van der Waals surface area contributed by atoms with E-state index in [1.54, 1.807) is 30.3 Å². The fourth-order valence-electron chi connectivity index (χ4n) is 3.80. The molecule has 2 aromatic carbocycles. The Bertz CT molecular complexity index is 1380. The van der Waals surface area contributed by atoms with Crippen LogP contribution < -0.4 is 5.32 Å². The minimum Gasteiger partial charge on any atom is -0.325 e. The molecule has 2 heterocycles. The van der Waals surface area contributed by atoms with Crippen molar-refractivity contribution in [3.63, 3.8) is 0 Å². The van der Waals surface area contributed by atoms with Crippen molar-refractivity contribution in [2.75, 3.05) is 5.32 Å². The van der Waals surface area contributed by atoms with Gasteiger partial charge in [-0.3, -0.25) is 4.79 Å². The summed E-state index contributed by atoms with van der Waals surface area (Å²) in [5, 5.41) is 20.8. The molecule has 0 atom stereocenters. The number of rotatable bonds is 5. The van der Waals surface area contributed by atoms with Crippen molar-refractivity contribution >= 4 is 23.2 Å². The number of tetrazole rings is 1. The van der Waals surface area contributed by atoms with Crippen molar-refractivity contribution in [1.82, 2.24) is 35.4 Å². The van der Waals surface area contributed by atoms with Crippen molar-refractivity contribution in [3.05, 3.63) is 64.7 Å². The van der Waals surface area contributed by atoms with E-state index in [9.17, 15) is 18.0 Å². The van der Waals surface area contributed by atoms with Gasteiger partial charge in [0, 0.05) is 10.7 Å². The summed E-state index contributed by atoms with van der Waals surface area (Å²) >= 11 is 6.10. The van der Waals surface area contributed by atoms with Crippen molar-refractivity contribution in [3.8, 4) is 17.1 Å². The minimum absolute atomic E-state index is 0.0201. The fourth-order valence-corrected chi connectivity index (χ4v) is 3.99. The summed E-state index contributed by atoms with van der Waals surface area (Å²) in [7, 11) is 0. The van der Waals surface area contributed by atoms with Crippen LogP contribution >= 0.6 is 11.6 Å². The molecule has 34 heavy (non-hydrogen) atoms. The quantitative estimate of drug-likeness (QED) is 0.437. The van der Waals surface area contributed by atoms with Crippen molar-refractivity contribution in [1.29, 1.82) is 0 Å². The number of carbonyl (C=O) groups is 1. The van der Waals surface area contributed by atoms with Crippen LogP contribution in [0.5, 0.6) is 0 Å². The maximum Gasteiger partial charge on any atom is 0.453 e. The topological polar surface area (TPSA) is 114 Å². The zero-order chi connectivity index (χ0) is 24.1. The molecule has 9 nitrogen and oxygen atoms in total. The normalized spacial score (nSPS) is 14.7. The van der Waals surface area contributed by atoms with E-state index in [1.165, 1.54) is 13.0 Å². The lowest BCUT2D eigenvalue weighted by molar-refractivity contribution is -0.144. The van der Waals surface area contributed by atoms with E-state index in [2.05, 4.69) is 36.0 Å². The summed E-state index contributed by atoms with van der Waals surface area (Å²) in [6.45, 7) is 1.40. The van der Waals surface area contributed by atoms with Gasteiger partial charge in [0.05, 0.1) is 16.7 Å². The van der Waals surface area contributed by atoms with Crippen LogP contribution in [0.25, 0.3) is 17.1 Å². The number of H-pyrrole nitrogens is 1. The molecule has 1 aliphatic carbocycles. The van der Waals surface area contributed by atoms with Gasteiger partial charge < -0.3 is 5.32 Å². The van der Waals surface area contributed by atoms with E-state index in [0.717, 1.165) is 10.2 Å². The predicted molar refractivity (Wildman–Crippen MR) is 115 cm³/mol. The van der Waals surface area contributed by atoms with E-state index in [-0.39, 0.29) is 23.2 Å². The average Bonchev–Trinajstić information content (AvgIpc) is 3.23. The molecule has 13 heteroatoms. The predicted octanol–water partition coefficient (Wildman–Crippen LogP) is 4.10. The van der Waals surface area contributed by atoms with E-state index >= 15 is 0 Å². The molecular formula is C21H16ClF3N8O. The molecule has 2 N–H and O–H groups in total. The second-order valence-corrected chi connectivity index (χ2v) is 8.34. The molecule has 5 rings (SSSR count). The van der Waals surface area contributed by atoms with Crippen LogP contribution in [0, 0.1) is 6.92 Å². The van der Waals surface area contributed by atoms with Crippen molar-refractivity contribution < 1.29 is 18.0 Å². The lowest BCUT2D eigenvalue weighted by atomic mass is 9.95. The number of halogens is 4. The number of nitrogens with zero attached hydrogens (tertiary/aromatic N) is 6. The molecule has 1 fully saturated rings. The van der Waals surface area contributed by atoms with Gasteiger partial charge in [-0.1, -0.05) is 23.7 Å². The number of aromatic nitrogens is 7. The molecule has 0 spiro atoms. The Hall–Kier alpha value is -3.80. The summed E-state index contributed by atoms with van der Waals surface area (Å²) in [6, 6.07) is 11.8. The summed E-state index contributed by atoms with van der Waals surface area (Å²) in [6.07, 6.45) is -3.35. The van der Waals surface area contributed by atoms with Crippen LogP contribution in [-0.2, 0) is 16.4 Å². The monoisotopic (exact) mass is 488 g/mol. The van der Waals surface area contributed by atoms with Crippen LogP contribution in [0.1, 0.15) is 30.1 Å². The summed E-state index contributed by atoms with van der Waals surface area (Å²) < 4.78 is 40.4. The van der Waals surface area contributed by atoms with Crippen LogP contribution in [0.2, 0.25) is 5.02 Å². The number of anilines is 1. The first-order chi connectivity index (χ1) is 16.2. The molecular weight excluding hydrogens is 473 g/mol. The molecule has 174 valence electrons. The maximum absolute atomic E-state index is 13.2. The molecule has 0 bridgehead atoms. The maximum atomic E-state index is 13.2. The largest absolute Gasteiger partial charge is 0.453 e. The Labute approximate surface area is 195 Å². The molecule has 4 aromatic rings. The second-order valence-electron chi connectivity index (χ2n) is 7.91. The van der Waals surface area contributed by atoms with Gasteiger partial charge in [-0.05, 0) is 60.9 Å². The zero-order valence-corrected chi connectivity index (χ0v) is 18.3. The van der Waals surface area contributed by atoms with E-state index in [1.807, 2.05) is 6.07 Å². The van der Waals surface area contributed by atoms with Crippen LogP contribution in [0.15, 0.2) is 42.5 Å². The van der Waals surface area contributed by atoms with Crippen molar-refractivity contribution in [2.24, 2.45) is 0 Å². The molecule has 2 aromatic heterocycles. The Morgan fingerprint density at radius 3 is 2.62 bits per heavy atom. The molecule has 0 aliphatic heterocycles. The highest BCUT2D eigenvalue weighted by Gasteiger charge is 2.51. The number of carbonyl (C=O) groups excluding carboxylic acids is 1. The third-order valence-corrected chi connectivity index (χ3v) is 5.89. The number of aromatic amines is 1. The fraction of sp³-hybridized carbons (Fsp3) is 0.238. The summed E-state index contributed by atoms with van der Waals surface area (Å²) in [5.41, 5.74) is 1.11.